The number of hydrogen-bond acceptors (Lipinski definition) is 2. The summed E-state index contributed by atoms with van der Waals surface area (Å²) in [6.45, 7) is 3.32. The van der Waals surface area contributed by atoms with E-state index in [1.54, 1.807) is 0 Å². The first kappa shape index (κ1) is 5.77. The van der Waals surface area contributed by atoms with Crippen LogP contribution in [0.25, 0.3) is 0 Å². The van der Waals surface area contributed by atoms with Crippen molar-refractivity contribution in [1.82, 2.24) is 0 Å². The van der Waals surface area contributed by atoms with Crippen molar-refractivity contribution in [2.45, 2.75) is 6.42 Å². The molecule has 0 aromatic rings. The van der Waals surface area contributed by atoms with Gasteiger partial charge in [0.05, 0.1) is 5.45 Å². The van der Waals surface area contributed by atoms with Gasteiger partial charge in [-0.1, -0.05) is 0 Å². The summed E-state index contributed by atoms with van der Waals surface area (Å²) in [6, 6.07) is 0. The normalized spacial score (nSPS) is 8.83. The summed E-state index contributed by atoms with van der Waals surface area (Å²) in [6.07, 6.45) is 0.338. The summed E-state index contributed by atoms with van der Waals surface area (Å²) < 4.78 is 9.57. The molecule has 0 bridgehead atoms. The van der Waals surface area contributed by atoms with Gasteiger partial charge < -0.3 is 0 Å². The Hall–Kier alpha value is -0.230. The molecule has 0 spiro atoms. The second-order valence-corrected chi connectivity index (χ2v) is 1.51. The molecular weight excluding hydrogens is 97.0 g/mol. The van der Waals surface area contributed by atoms with Gasteiger partial charge in [-0.3, -0.25) is 9.97 Å². The van der Waals surface area contributed by atoms with Gasteiger partial charge in [-0.25, -0.2) is 0 Å². The maximum Gasteiger partial charge on any atom is 0.207 e. The van der Waals surface area contributed by atoms with E-state index in [1.165, 1.54) is 0 Å². The Labute approximate surface area is 38.3 Å². The van der Waals surface area contributed by atoms with Crippen LogP contribution in [0.15, 0.2) is 0 Å². The van der Waals surface area contributed by atoms with E-state index in [9.17, 15) is 4.57 Å². The minimum Gasteiger partial charge on any atom is -0.297 e. The van der Waals surface area contributed by atoms with E-state index in [2.05, 4.69) is 6.92 Å². The van der Waals surface area contributed by atoms with Crippen LogP contribution in [0, 0.1) is 12.3 Å². The molecule has 0 saturated heterocycles. The molecule has 1 radical (unpaired) electrons. The first-order valence-electron chi connectivity index (χ1n) is 1.51. The zero-order valence-corrected chi connectivity index (χ0v) is 4.16. The van der Waals surface area contributed by atoms with Crippen LogP contribution in [0.1, 0.15) is 6.42 Å². The van der Waals surface area contributed by atoms with E-state index >= 15 is 0 Å². The van der Waals surface area contributed by atoms with Crippen molar-refractivity contribution in [2.75, 3.05) is 0 Å². The maximum atomic E-state index is 9.57. The van der Waals surface area contributed by atoms with Gasteiger partial charge in [0.1, 0.15) is 0 Å². The SMILES string of the molecule is [CH2]CC(=N)P=O. The summed E-state index contributed by atoms with van der Waals surface area (Å²) in [5.74, 6) is 0. The monoisotopic (exact) mass is 102 g/mol. The van der Waals surface area contributed by atoms with Gasteiger partial charge in [-0.15, -0.1) is 0 Å². The number of hydrogen-bond donors (Lipinski definition) is 1. The van der Waals surface area contributed by atoms with E-state index in [-0.39, 0.29) is 13.9 Å². The van der Waals surface area contributed by atoms with Crippen molar-refractivity contribution >= 4 is 13.9 Å². The quantitative estimate of drug-likeness (QED) is 0.416. The third-order valence-corrected chi connectivity index (χ3v) is 0.791. The largest absolute Gasteiger partial charge is 0.297 e. The van der Waals surface area contributed by atoms with Gasteiger partial charge >= 0.3 is 0 Å². The Morgan fingerprint density at radius 1 is 2.00 bits per heavy atom. The molecule has 6 heavy (non-hydrogen) atoms. The summed E-state index contributed by atoms with van der Waals surface area (Å²) in [5, 5.41) is 6.60. The van der Waals surface area contributed by atoms with Crippen molar-refractivity contribution in [3.05, 3.63) is 6.92 Å². The van der Waals surface area contributed by atoms with E-state index in [4.69, 9.17) is 5.41 Å². The van der Waals surface area contributed by atoms with E-state index in [0.717, 1.165) is 0 Å². The standard InChI is InChI=1S/C3H5NOP/c1-2-3(4)6-5/h4H,1-2H2. The molecule has 0 aliphatic heterocycles. The summed E-state index contributed by atoms with van der Waals surface area (Å²) in [4.78, 5) is 0. The fourth-order valence-corrected chi connectivity index (χ4v) is 0.137. The Morgan fingerprint density at radius 3 is 2.50 bits per heavy atom. The van der Waals surface area contributed by atoms with Gasteiger partial charge in [-0.05, 0) is 13.3 Å². The highest BCUT2D eigenvalue weighted by atomic mass is 31.1. The highest BCUT2D eigenvalue weighted by molar-refractivity contribution is 7.46. The molecule has 3 heteroatoms. The van der Waals surface area contributed by atoms with E-state index in [0.29, 0.717) is 6.42 Å². The molecule has 0 aromatic carbocycles. The summed E-state index contributed by atoms with van der Waals surface area (Å²) >= 11 is 0. The molecule has 0 amide bonds. The van der Waals surface area contributed by atoms with Crippen LogP contribution in [0.5, 0.6) is 0 Å². The molecule has 2 nitrogen and oxygen atoms in total. The van der Waals surface area contributed by atoms with Crippen molar-refractivity contribution in [3.8, 4) is 0 Å². The average Bonchev–Trinajstić information content (AvgIpc) is 1.65. The maximum absolute atomic E-state index is 9.57. The van der Waals surface area contributed by atoms with Crippen LogP contribution in [0.2, 0.25) is 0 Å². The Morgan fingerprint density at radius 2 is 2.50 bits per heavy atom. The molecular formula is C3H5NOP. The lowest BCUT2D eigenvalue weighted by Gasteiger charge is -1.74. The molecule has 0 heterocycles. The van der Waals surface area contributed by atoms with Crippen molar-refractivity contribution in [3.63, 3.8) is 0 Å². The zero-order chi connectivity index (χ0) is 4.99. The van der Waals surface area contributed by atoms with Gasteiger partial charge in [-0.2, -0.15) is 0 Å². The predicted molar refractivity (Wildman–Crippen MR) is 25.3 cm³/mol. The van der Waals surface area contributed by atoms with Crippen molar-refractivity contribution in [1.29, 1.82) is 5.41 Å². The van der Waals surface area contributed by atoms with Gasteiger partial charge in [0.15, 0.2) is 0 Å². The molecule has 0 aliphatic rings. The smallest absolute Gasteiger partial charge is 0.207 e. The molecule has 33 valence electrons. The van der Waals surface area contributed by atoms with Gasteiger partial charge in [0, 0.05) is 0 Å². The zero-order valence-electron chi connectivity index (χ0n) is 3.27. The Kier molecular flexibility index (Phi) is 2.87. The van der Waals surface area contributed by atoms with Crippen LogP contribution in [-0.4, -0.2) is 5.45 Å². The topological polar surface area (TPSA) is 40.9 Å². The highest BCUT2D eigenvalue weighted by Crippen LogP contribution is 1.95. The van der Waals surface area contributed by atoms with E-state index < -0.39 is 0 Å². The van der Waals surface area contributed by atoms with Gasteiger partial charge in [0.25, 0.3) is 0 Å². The second kappa shape index (κ2) is 2.98. The third-order valence-electron chi connectivity index (χ3n) is 0.347. The fourth-order valence-electron chi connectivity index (χ4n) is 0.0456. The van der Waals surface area contributed by atoms with Crippen molar-refractivity contribution < 1.29 is 4.57 Å². The first-order valence-corrected chi connectivity index (χ1v) is 2.32. The Bertz CT molecular complexity index is 71.2. The summed E-state index contributed by atoms with van der Waals surface area (Å²) in [5.41, 5.74) is 0.148. The lowest BCUT2D eigenvalue weighted by atomic mass is 10.5. The molecule has 0 fully saturated rings. The third kappa shape index (κ3) is 2.04. The van der Waals surface area contributed by atoms with Crippen LogP contribution in [0.4, 0.5) is 0 Å². The number of rotatable bonds is 2. The molecule has 1 N–H and O–H groups in total. The minimum absolute atomic E-state index is 0.148. The molecule has 0 aromatic heterocycles. The molecule has 0 atom stereocenters. The molecule has 0 unspecified atom stereocenters. The highest BCUT2D eigenvalue weighted by Gasteiger charge is 1.83. The lowest BCUT2D eigenvalue weighted by Crippen LogP contribution is -1.74. The number of nitrogens with one attached hydrogen (secondary N) is 1. The van der Waals surface area contributed by atoms with E-state index in [1.807, 2.05) is 0 Å². The first-order chi connectivity index (χ1) is 2.81. The predicted octanol–water partition coefficient (Wildman–Crippen LogP) is 1.48. The Balaban J connectivity index is 3.23. The second-order valence-electron chi connectivity index (χ2n) is 0.788. The van der Waals surface area contributed by atoms with Crippen molar-refractivity contribution in [2.24, 2.45) is 0 Å². The summed E-state index contributed by atoms with van der Waals surface area (Å²) in [7, 11) is -0.201. The molecule has 0 saturated carbocycles. The lowest BCUT2D eigenvalue weighted by molar-refractivity contribution is 0.603. The van der Waals surface area contributed by atoms with Crippen LogP contribution in [-0.2, 0) is 4.57 Å². The average molecular weight is 102 g/mol. The van der Waals surface area contributed by atoms with Crippen LogP contribution < -0.4 is 0 Å². The fraction of sp³-hybridized carbons (Fsp3) is 0.333. The van der Waals surface area contributed by atoms with Gasteiger partial charge in [0.2, 0.25) is 8.46 Å². The van der Waals surface area contributed by atoms with Crippen LogP contribution in [0.3, 0.4) is 0 Å². The van der Waals surface area contributed by atoms with Crippen LogP contribution >= 0.6 is 8.46 Å². The molecule has 0 aliphatic carbocycles. The minimum atomic E-state index is -0.201. The molecule has 0 rings (SSSR count).